The van der Waals surface area contributed by atoms with Gasteiger partial charge in [-0.25, -0.2) is 9.18 Å². The zero-order chi connectivity index (χ0) is 15.6. The van der Waals surface area contributed by atoms with Crippen LogP contribution in [0.4, 0.5) is 9.18 Å². The number of carbonyl (C=O) groups excluding carboxylic acids is 2. The summed E-state index contributed by atoms with van der Waals surface area (Å²) in [5, 5.41) is 2.70. The predicted molar refractivity (Wildman–Crippen MR) is 76.6 cm³/mol. The van der Waals surface area contributed by atoms with Crippen molar-refractivity contribution in [3.05, 3.63) is 35.1 Å². The lowest BCUT2D eigenvalue weighted by Gasteiger charge is -2.22. The number of nitrogens with one attached hydrogen (secondary N) is 1. The van der Waals surface area contributed by atoms with E-state index in [-0.39, 0.29) is 30.5 Å². The number of fused-ring (bicyclic) bond motifs is 1. The van der Waals surface area contributed by atoms with Gasteiger partial charge in [0.15, 0.2) is 0 Å². The molecular weight excluding hydrogens is 273 g/mol. The number of hydrogen-bond acceptors (Lipinski definition) is 3. The molecule has 1 aliphatic carbocycles. The molecule has 0 aliphatic heterocycles. The number of hydrogen-bond donors (Lipinski definition) is 1. The maximum Gasteiger partial charge on any atom is 0.407 e. The molecule has 21 heavy (non-hydrogen) atoms. The van der Waals surface area contributed by atoms with Crippen LogP contribution in [-0.4, -0.2) is 23.5 Å². The molecule has 1 atom stereocenters. The van der Waals surface area contributed by atoms with Gasteiger partial charge in [-0.05, 0) is 50.5 Å². The molecule has 5 heteroatoms. The Kier molecular flexibility index (Phi) is 4.30. The Bertz CT molecular complexity index is 563. The van der Waals surface area contributed by atoms with Crippen molar-refractivity contribution < 1.29 is 18.7 Å². The van der Waals surface area contributed by atoms with Crippen molar-refractivity contribution in [2.75, 3.05) is 0 Å². The molecule has 0 heterocycles. The molecule has 0 saturated heterocycles. The third-order valence-electron chi connectivity index (χ3n) is 3.22. The monoisotopic (exact) mass is 293 g/mol. The van der Waals surface area contributed by atoms with Crippen LogP contribution in [0.3, 0.4) is 0 Å². The molecule has 0 aromatic heterocycles. The Hall–Kier alpha value is -1.91. The van der Waals surface area contributed by atoms with E-state index in [1.807, 2.05) is 0 Å². The predicted octanol–water partition coefficient (Wildman–Crippen LogP) is 2.78. The second kappa shape index (κ2) is 5.84. The average Bonchev–Trinajstić information content (AvgIpc) is 2.43. The van der Waals surface area contributed by atoms with Crippen LogP contribution in [0.25, 0.3) is 0 Å². The van der Waals surface area contributed by atoms with Crippen LogP contribution in [0, 0.1) is 5.82 Å². The number of amides is 1. The minimum Gasteiger partial charge on any atom is -0.444 e. The molecule has 4 nitrogen and oxygen atoms in total. The van der Waals surface area contributed by atoms with Gasteiger partial charge < -0.3 is 10.1 Å². The summed E-state index contributed by atoms with van der Waals surface area (Å²) in [5.74, 6) is -0.305. The van der Waals surface area contributed by atoms with E-state index in [0.29, 0.717) is 6.42 Å². The first-order chi connectivity index (χ1) is 9.73. The molecule has 0 fully saturated rings. The van der Waals surface area contributed by atoms with Gasteiger partial charge in [0.05, 0.1) is 0 Å². The van der Waals surface area contributed by atoms with Gasteiger partial charge >= 0.3 is 6.09 Å². The van der Waals surface area contributed by atoms with Crippen molar-refractivity contribution in [2.45, 2.75) is 51.7 Å². The molecule has 1 amide bonds. The second-order valence-corrected chi connectivity index (χ2v) is 6.38. The first kappa shape index (κ1) is 15.5. The summed E-state index contributed by atoms with van der Waals surface area (Å²) in [6.07, 6.45) is 0.385. The average molecular weight is 293 g/mol. The fourth-order valence-corrected chi connectivity index (χ4v) is 2.43. The number of alkyl carbamates (subject to hydrolysis) is 1. The fraction of sp³-hybridized carbons (Fsp3) is 0.500. The van der Waals surface area contributed by atoms with Crippen LogP contribution in [-0.2, 0) is 22.4 Å². The molecule has 0 radical (unpaired) electrons. The van der Waals surface area contributed by atoms with E-state index in [2.05, 4.69) is 5.32 Å². The Balaban J connectivity index is 2.11. The zero-order valence-corrected chi connectivity index (χ0v) is 12.5. The summed E-state index contributed by atoms with van der Waals surface area (Å²) in [6, 6.07) is 4.06. The normalized spacial score (nSPS) is 18.7. The molecule has 0 spiro atoms. The van der Waals surface area contributed by atoms with Crippen molar-refractivity contribution in [3.8, 4) is 0 Å². The van der Waals surface area contributed by atoms with Crippen molar-refractivity contribution in [1.82, 2.24) is 5.32 Å². The first-order valence-electron chi connectivity index (χ1n) is 7.01. The number of ketones is 1. The minimum absolute atomic E-state index is 0.0291. The van der Waals surface area contributed by atoms with Crippen LogP contribution in [0.2, 0.25) is 0 Å². The lowest BCUT2D eigenvalue weighted by atomic mass is 10.0. The van der Waals surface area contributed by atoms with Gasteiger partial charge in [0.25, 0.3) is 0 Å². The quantitative estimate of drug-likeness (QED) is 0.810. The summed E-state index contributed by atoms with van der Waals surface area (Å²) >= 11 is 0. The highest BCUT2D eigenvalue weighted by Gasteiger charge is 2.25. The van der Waals surface area contributed by atoms with E-state index < -0.39 is 11.7 Å². The second-order valence-electron chi connectivity index (χ2n) is 6.38. The summed E-state index contributed by atoms with van der Waals surface area (Å²) in [6.45, 7) is 5.32. The lowest BCUT2D eigenvalue weighted by molar-refractivity contribution is -0.118. The summed E-state index contributed by atoms with van der Waals surface area (Å²) in [7, 11) is 0. The summed E-state index contributed by atoms with van der Waals surface area (Å²) in [4.78, 5) is 23.7. The largest absolute Gasteiger partial charge is 0.444 e. The lowest BCUT2D eigenvalue weighted by Crippen LogP contribution is -2.40. The smallest absolute Gasteiger partial charge is 0.407 e. The Morgan fingerprint density at radius 2 is 2.00 bits per heavy atom. The van der Waals surface area contributed by atoms with Gasteiger partial charge in [0, 0.05) is 18.9 Å². The number of benzene rings is 1. The van der Waals surface area contributed by atoms with E-state index in [1.165, 1.54) is 12.1 Å². The maximum atomic E-state index is 13.3. The Labute approximate surface area is 123 Å². The highest BCUT2D eigenvalue weighted by Crippen LogP contribution is 2.20. The number of Topliss-reactive ketones (excluding diaryl/α,β-unsaturated/α-hetero) is 1. The van der Waals surface area contributed by atoms with Crippen molar-refractivity contribution in [1.29, 1.82) is 0 Å². The highest BCUT2D eigenvalue weighted by molar-refractivity contribution is 5.83. The molecule has 1 aromatic rings. The molecule has 1 aromatic carbocycles. The Morgan fingerprint density at radius 3 is 2.67 bits per heavy atom. The topological polar surface area (TPSA) is 55.4 Å². The number of rotatable bonds is 1. The maximum absolute atomic E-state index is 13.3. The van der Waals surface area contributed by atoms with Gasteiger partial charge in [-0.3, -0.25) is 4.79 Å². The highest BCUT2D eigenvalue weighted by atomic mass is 19.1. The molecule has 1 N–H and O–H groups in total. The van der Waals surface area contributed by atoms with E-state index in [4.69, 9.17) is 4.74 Å². The zero-order valence-electron chi connectivity index (χ0n) is 12.5. The van der Waals surface area contributed by atoms with Gasteiger partial charge in [-0.15, -0.1) is 0 Å². The van der Waals surface area contributed by atoms with Crippen molar-refractivity contribution in [2.24, 2.45) is 0 Å². The minimum atomic E-state index is -0.594. The van der Waals surface area contributed by atoms with Gasteiger partial charge in [-0.2, -0.15) is 0 Å². The fourth-order valence-electron chi connectivity index (χ4n) is 2.43. The van der Waals surface area contributed by atoms with E-state index in [1.54, 1.807) is 26.8 Å². The van der Waals surface area contributed by atoms with Crippen LogP contribution in [0.5, 0.6) is 0 Å². The third-order valence-corrected chi connectivity index (χ3v) is 3.22. The molecule has 2 rings (SSSR count). The summed E-state index contributed by atoms with van der Waals surface area (Å²) < 4.78 is 18.5. The van der Waals surface area contributed by atoms with Gasteiger partial charge in [0.2, 0.25) is 0 Å². The van der Waals surface area contributed by atoms with Gasteiger partial charge in [0.1, 0.15) is 17.2 Å². The molecular formula is C16H20FNO3. The standard InChI is InChI=1S/C16H20FNO3/c1-16(2,3)21-15(20)18-13-7-11-6-12(17)5-4-10(11)8-14(19)9-13/h4-6,13H,7-9H2,1-3H3,(H,18,20). The van der Waals surface area contributed by atoms with E-state index >= 15 is 0 Å². The Morgan fingerprint density at radius 1 is 1.29 bits per heavy atom. The molecule has 1 aliphatic rings. The molecule has 0 saturated carbocycles. The van der Waals surface area contributed by atoms with Crippen LogP contribution in [0.15, 0.2) is 18.2 Å². The summed E-state index contributed by atoms with van der Waals surface area (Å²) in [5.41, 5.74) is 1.000. The van der Waals surface area contributed by atoms with Gasteiger partial charge in [-0.1, -0.05) is 6.07 Å². The SMILES string of the molecule is CC(C)(C)OC(=O)NC1CC(=O)Cc2ccc(F)cc2C1. The molecule has 1 unspecified atom stereocenters. The van der Waals surface area contributed by atoms with Crippen molar-refractivity contribution >= 4 is 11.9 Å². The van der Waals surface area contributed by atoms with Crippen LogP contribution < -0.4 is 5.32 Å². The number of ether oxygens (including phenoxy) is 1. The van der Waals surface area contributed by atoms with Crippen molar-refractivity contribution in [3.63, 3.8) is 0 Å². The first-order valence-corrected chi connectivity index (χ1v) is 7.01. The van der Waals surface area contributed by atoms with E-state index in [0.717, 1.165) is 11.1 Å². The molecule has 114 valence electrons. The van der Waals surface area contributed by atoms with Crippen LogP contribution in [0.1, 0.15) is 38.3 Å². The third kappa shape index (κ3) is 4.55. The van der Waals surface area contributed by atoms with E-state index in [9.17, 15) is 14.0 Å². The van der Waals surface area contributed by atoms with Crippen LogP contribution >= 0.6 is 0 Å². The number of carbonyl (C=O) groups is 2. The molecule has 0 bridgehead atoms. The number of halogens is 1.